The van der Waals surface area contributed by atoms with Crippen LogP contribution in [0.4, 0.5) is 0 Å². The number of amides is 1. The second-order valence-corrected chi connectivity index (χ2v) is 4.91. The van der Waals surface area contributed by atoms with E-state index in [1.54, 1.807) is 6.20 Å². The molecule has 1 fully saturated rings. The fraction of sp³-hybridized carbons (Fsp3) is 0.571. The zero-order valence-electron chi connectivity index (χ0n) is 10.6. The number of aromatic nitrogens is 1. The smallest absolute Gasteiger partial charge is 0.255 e. The topological polar surface area (TPSA) is 33.2 Å². The largest absolute Gasteiger partial charge is 0.339 e. The zero-order valence-corrected chi connectivity index (χ0v) is 10.6. The number of piperidine rings is 1. The highest BCUT2D eigenvalue weighted by molar-refractivity contribution is 5.94. The minimum atomic E-state index is 0.139. The molecule has 0 atom stereocenters. The number of nitrogens with zero attached hydrogens (tertiary/aromatic N) is 2. The van der Waals surface area contributed by atoms with Crippen molar-refractivity contribution >= 4 is 5.91 Å². The first-order valence-electron chi connectivity index (χ1n) is 6.44. The molecule has 3 nitrogen and oxygen atoms in total. The number of carbonyl (C=O) groups is 1. The van der Waals surface area contributed by atoms with Crippen LogP contribution in [0.15, 0.2) is 18.5 Å². The van der Waals surface area contributed by atoms with Crippen LogP contribution >= 0.6 is 0 Å². The van der Waals surface area contributed by atoms with Gasteiger partial charge in [-0.1, -0.05) is 13.8 Å². The molecule has 0 saturated carbocycles. The molecule has 92 valence electrons. The number of aryl methyl sites for hydroxylation is 1. The van der Waals surface area contributed by atoms with Crippen molar-refractivity contribution in [1.82, 2.24) is 9.88 Å². The van der Waals surface area contributed by atoms with Crippen molar-refractivity contribution in [1.29, 1.82) is 0 Å². The van der Waals surface area contributed by atoms with Gasteiger partial charge in [-0.05, 0) is 36.8 Å². The zero-order chi connectivity index (χ0) is 12.3. The average molecular weight is 232 g/mol. The summed E-state index contributed by atoms with van der Waals surface area (Å²) in [6.45, 7) is 6.10. The van der Waals surface area contributed by atoms with E-state index in [-0.39, 0.29) is 5.91 Å². The second kappa shape index (κ2) is 5.30. The van der Waals surface area contributed by atoms with Crippen LogP contribution in [0.2, 0.25) is 0 Å². The molecule has 1 aromatic heterocycles. The number of rotatable bonds is 2. The molecule has 2 rings (SSSR count). The summed E-state index contributed by atoms with van der Waals surface area (Å²) in [5.74, 6) is 0.888. The summed E-state index contributed by atoms with van der Waals surface area (Å²) in [7, 11) is 0. The van der Waals surface area contributed by atoms with Crippen LogP contribution in [-0.2, 0) is 6.42 Å². The summed E-state index contributed by atoms with van der Waals surface area (Å²) in [4.78, 5) is 18.4. The van der Waals surface area contributed by atoms with Gasteiger partial charge >= 0.3 is 0 Å². The van der Waals surface area contributed by atoms with Gasteiger partial charge in [0.2, 0.25) is 0 Å². The lowest BCUT2D eigenvalue weighted by Gasteiger charge is -2.30. The van der Waals surface area contributed by atoms with Crippen molar-refractivity contribution in [3.05, 3.63) is 29.6 Å². The molecular formula is C14H20N2O. The van der Waals surface area contributed by atoms with Crippen LogP contribution in [0.3, 0.4) is 0 Å². The summed E-state index contributed by atoms with van der Waals surface area (Å²) in [5.41, 5.74) is 1.86. The predicted octanol–water partition coefficient (Wildman–Crippen LogP) is 2.52. The fourth-order valence-corrected chi connectivity index (χ4v) is 2.19. The Hall–Kier alpha value is -1.38. The standard InChI is InChI=1S/C14H20N2O/c1-3-12-8-13(10-15-9-12)14(17)16-6-4-11(2)5-7-16/h8-11H,3-7H2,1-2H3. The highest BCUT2D eigenvalue weighted by Gasteiger charge is 2.21. The molecule has 0 spiro atoms. The maximum absolute atomic E-state index is 12.3. The quantitative estimate of drug-likeness (QED) is 0.785. The van der Waals surface area contributed by atoms with Crippen molar-refractivity contribution in [3.8, 4) is 0 Å². The van der Waals surface area contributed by atoms with Crippen molar-refractivity contribution in [2.45, 2.75) is 33.1 Å². The van der Waals surface area contributed by atoms with Crippen LogP contribution in [-0.4, -0.2) is 28.9 Å². The number of hydrogen-bond donors (Lipinski definition) is 0. The Morgan fingerprint density at radius 2 is 2.12 bits per heavy atom. The van der Waals surface area contributed by atoms with Crippen molar-refractivity contribution in [2.75, 3.05) is 13.1 Å². The van der Waals surface area contributed by atoms with Gasteiger partial charge in [0.25, 0.3) is 5.91 Å². The predicted molar refractivity (Wildman–Crippen MR) is 67.9 cm³/mol. The van der Waals surface area contributed by atoms with Crippen LogP contribution in [0.5, 0.6) is 0 Å². The third kappa shape index (κ3) is 2.84. The molecule has 3 heteroatoms. The first-order chi connectivity index (χ1) is 8.20. The summed E-state index contributed by atoms with van der Waals surface area (Å²) >= 11 is 0. The van der Waals surface area contributed by atoms with Crippen molar-refractivity contribution in [2.24, 2.45) is 5.92 Å². The molecule has 0 aliphatic carbocycles. The van der Waals surface area contributed by atoms with E-state index >= 15 is 0 Å². The number of likely N-dealkylation sites (tertiary alicyclic amines) is 1. The van der Waals surface area contributed by atoms with Gasteiger partial charge in [0.1, 0.15) is 0 Å². The Balaban J connectivity index is 2.08. The van der Waals surface area contributed by atoms with Gasteiger partial charge < -0.3 is 4.90 Å². The molecule has 0 radical (unpaired) electrons. The van der Waals surface area contributed by atoms with Crippen LogP contribution in [0.25, 0.3) is 0 Å². The van der Waals surface area contributed by atoms with Gasteiger partial charge in [0, 0.05) is 25.5 Å². The van der Waals surface area contributed by atoms with Crippen molar-refractivity contribution < 1.29 is 4.79 Å². The Morgan fingerprint density at radius 1 is 1.41 bits per heavy atom. The van der Waals surface area contributed by atoms with Gasteiger partial charge in [0.15, 0.2) is 0 Å². The minimum absolute atomic E-state index is 0.139. The molecular weight excluding hydrogens is 212 g/mol. The van der Waals surface area contributed by atoms with E-state index in [9.17, 15) is 4.79 Å². The fourth-order valence-electron chi connectivity index (χ4n) is 2.19. The molecule has 2 heterocycles. The summed E-state index contributed by atoms with van der Waals surface area (Å²) in [6, 6.07) is 1.97. The summed E-state index contributed by atoms with van der Waals surface area (Å²) in [6.07, 6.45) is 6.67. The van der Waals surface area contributed by atoms with Crippen LogP contribution in [0.1, 0.15) is 42.6 Å². The third-order valence-electron chi connectivity index (χ3n) is 3.52. The molecule has 1 aliphatic rings. The minimum Gasteiger partial charge on any atom is -0.339 e. The molecule has 0 N–H and O–H groups in total. The van der Waals surface area contributed by atoms with Gasteiger partial charge in [-0.15, -0.1) is 0 Å². The molecule has 1 aliphatic heterocycles. The number of pyridine rings is 1. The first kappa shape index (κ1) is 12.1. The van der Waals surface area contributed by atoms with Gasteiger partial charge in [-0.3, -0.25) is 9.78 Å². The molecule has 0 bridgehead atoms. The Bertz CT molecular complexity index is 395. The molecule has 1 amide bonds. The van der Waals surface area contributed by atoms with Crippen LogP contribution < -0.4 is 0 Å². The molecule has 17 heavy (non-hydrogen) atoms. The van der Waals surface area contributed by atoms with E-state index in [1.807, 2.05) is 17.2 Å². The number of hydrogen-bond acceptors (Lipinski definition) is 2. The van der Waals surface area contributed by atoms with E-state index in [0.29, 0.717) is 0 Å². The van der Waals surface area contributed by atoms with E-state index in [1.165, 1.54) is 0 Å². The SMILES string of the molecule is CCc1cncc(C(=O)N2CCC(C)CC2)c1. The molecule has 1 saturated heterocycles. The van der Waals surface area contributed by atoms with Crippen LogP contribution in [0, 0.1) is 5.92 Å². The normalized spacial score (nSPS) is 17.2. The van der Waals surface area contributed by atoms with Gasteiger partial charge in [0.05, 0.1) is 5.56 Å². The van der Waals surface area contributed by atoms with Gasteiger partial charge in [-0.2, -0.15) is 0 Å². The summed E-state index contributed by atoms with van der Waals surface area (Å²) in [5, 5.41) is 0. The summed E-state index contributed by atoms with van der Waals surface area (Å²) < 4.78 is 0. The molecule has 1 aromatic rings. The van der Waals surface area contributed by atoms with E-state index < -0.39 is 0 Å². The lowest BCUT2D eigenvalue weighted by atomic mass is 9.98. The van der Waals surface area contributed by atoms with E-state index in [0.717, 1.165) is 49.4 Å². The highest BCUT2D eigenvalue weighted by Crippen LogP contribution is 2.18. The lowest BCUT2D eigenvalue weighted by molar-refractivity contribution is 0.0696. The molecule has 0 aromatic carbocycles. The first-order valence-corrected chi connectivity index (χ1v) is 6.44. The van der Waals surface area contributed by atoms with E-state index in [4.69, 9.17) is 0 Å². The Morgan fingerprint density at radius 3 is 2.76 bits per heavy atom. The lowest BCUT2D eigenvalue weighted by Crippen LogP contribution is -2.37. The maximum atomic E-state index is 12.3. The Kier molecular flexibility index (Phi) is 3.77. The van der Waals surface area contributed by atoms with E-state index in [2.05, 4.69) is 18.8 Å². The monoisotopic (exact) mass is 232 g/mol. The van der Waals surface area contributed by atoms with Gasteiger partial charge in [-0.25, -0.2) is 0 Å². The highest BCUT2D eigenvalue weighted by atomic mass is 16.2. The maximum Gasteiger partial charge on any atom is 0.255 e. The number of carbonyl (C=O) groups excluding carboxylic acids is 1. The average Bonchev–Trinajstić information content (AvgIpc) is 2.39. The third-order valence-corrected chi connectivity index (χ3v) is 3.52. The Labute approximate surface area is 103 Å². The van der Waals surface area contributed by atoms with Crippen molar-refractivity contribution in [3.63, 3.8) is 0 Å². The molecule has 0 unspecified atom stereocenters. The second-order valence-electron chi connectivity index (χ2n) is 4.91.